The molecule has 0 aliphatic rings. The molecule has 5 nitrogen and oxygen atoms in total. The van der Waals surface area contributed by atoms with Crippen molar-refractivity contribution in [2.75, 3.05) is 5.73 Å². The SMILES string of the molecule is Nc1cccnn1.O=C(O)C(F)(F)F. The Kier molecular flexibility index (Phi) is 4.33. The number of alkyl halides is 3. The lowest BCUT2D eigenvalue weighted by atomic mass is 10.6. The topological polar surface area (TPSA) is 89.1 Å². The van der Waals surface area contributed by atoms with Crippen LogP contribution < -0.4 is 5.73 Å². The molecule has 0 amide bonds. The van der Waals surface area contributed by atoms with Gasteiger partial charge in [0.2, 0.25) is 0 Å². The molecule has 1 aromatic heterocycles. The average molecular weight is 209 g/mol. The van der Waals surface area contributed by atoms with Gasteiger partial charge in [-0.1, -0.05) is 0 Å². The number of hydrogen-bond donors (Lipinski definition) is 2. The predicted molar refractivity (Wildman–Crippen MR) is 40.1 cm³/mol. The van der Waals surface area contributed by atoms with E-state index in [1.807, 2.05) is 0 Å². The Morgan fingerprint density at radius 2 is 2.00 bits per heavy atom. The summed E-state index contributed by atoms with van der Waals surface area (Å²) < 4.78 is 31.7. The van der Waals surface area contributed by atoms with Crippen LogP contribution in [0.3, 0.4) is 0 Å². The van der Waals surface area contributed by atoms with Gasteiger partial charge in [-0.3, -0.25) is 0 Å². The normalized spacial score (nSPS) is 9.93. The van der Waals surface area contributed by atoms with Crippen molar-refractivity contribution < 1.29 is 23.1 Å². The number of carboxylic acid groups (broad SMARTS) is 1. The molecule has 0 aliphatic carbocycles. The molecule has 1 heterocycles. The van der Waals surface area contributed by atoms with Crippen LogP contribution in [0.5, 0.6) is 0 Å². The van der Waals surface area contributed by atoms with Crippen LogP contribution in [-0.4, -0.2) is 27.4 Å². The maximum atomic E-state index is 10.6. The number of carboxylic acids is 1. The number of nitrogen functional groups attached to an aromatic ring is 1. The second-order valence-corrected chi connectivity index (χ2v) is 1.95. The van der Waals surface area contributed by atoms with E-state index in [0.717, 1.165) is 0 Å². The Labute approximate surface area is 76.4 Å². The van der Waals surface area contributed by atoms with Gasteiger partial charge < -0.3 is 10.8 Å². The van der Waals surface area contributed by atoms with Crippen LogP contribution in [0.25, 0.3) is 0 Å². The van der Waals surface area contributed by atoms with Gasteiger partial charge in [0, 0.05) is 6.20 Å². The van der Waals surface area contributed by atoms with E-state index in [4.69, 9.17) is 15.6 Å². The van der Waals surface area contributed by atoms with E-state index in [1.54, 1.807) is 18.3 Å². The summed E-state index contributed by atoms with van der Waals surface area (Å²) in [5.74, 6) is -2.30. The number of aliphatic carboxylic acids is 1. The number of hydrogen-bond acceptors (Lipinski definition) is 4. The minimum Gasteiger partial charge on any atom is -0.475 e. The van der Waals surface area contributed by atoms with Crippen LogP contribution in [0, 0.1) is 0 Å². The highest BCUT2D eigenvalue weighted by Gasteiger charge is 2.38. The molecule has 3 N–H and O–H groups in total. The molecular formula is C6H6F3N3O2. The fourth-order valence-electron chi connectivity index (χ4n) is 0.313. The molecule has 78 valence electrons. The molecule has 0 spiro atoms. The molecule has 0 bridgehead atoms. The highest BCUT2D eigenvalue weighted by atomic mass is 19.4. The van der Waals surface area contributed by atoms with Crippen molar-refractivity contribution in [3.8, 4) is 0 Å². The summed E-state index contributed by atoms with van der Waals surface area (Å²) in [6.07, 6.45) is -3.50. The molecule has 1 aromatic rings. The van der Waals surface area contributed by atoms with Crippen LogP contribution in [0.1, 0.15) is 0 Å². The highest BCUT2D eigenvalue weighted by molar-refractivity contribution is 5.73. The molecule has 1 rings (SSSR count). The van der Waals surface area contributed by atoms with Crippen molar-refractivity contribution in [3.63, 3.8) is 0 Å². The first-order valence-corrected chi connectivity index (χ1v) is 3.17. The number of carbonyl (C=O) groups is 1. The summed E-state index contributed by atoms with van der Waals surface area (Å²) in [5.41, 5.74) is 5.18. The third-order valence-corrected chi connectivity index (χ3v) is 0.835. The Hall–Kier alpha value is -1.86. The molecule has 14 heavy (non-hydrogen) atoms. The minimum atomic E-state index is -5.08. The quantitative estimate of drug-likeness (QED) is 0.656. The number of nitrogens with zero attached hydrogens (tertiary/aromatic N) is 2. The van der Waals surface area contributed by atoms with E-state index >= 15 is 0 Å². The van der Waals surface area contributed by atoms with E-state index in [2.05, 4.69) is 10.2 Å². The van der Waals surface area contributed by atoms with E-state index in [-0.39, 0.29) is 0 Å². The molecule has 0 fully saturated rings. The summed E-state index contributed by atoms with van der Waals surface area (Å²) in [5, 5.41) is 14.1. The molecule has 0 unspecified atom stereocenters. The molecule has 8 heteroatoms. The third-order valence-electron chi connectivity index (χ3n) is 0.835. The van der Waals surface area contributed by atoms with Gasteiger partial charge in [-0.05, 0) is 12.1 Å². The summed E-state index contributed by atoms with van der Waals surface area (Å²) in [7, 11) is 0. The van der Waals surface area contributed by atoms with Crippen molar-refractivity contribution in [3.05, 3.63) is 18.3 Å². The van der Waals surface area contributed by atoms with Crippen molar-refractivity contribution in [1.29, 1.82) is 0 Å². The zero-order valence-electron chi connectivity index (χ0n) is 6.69. The average Bonchev–Trinajstić information content (AvgIpc) is 2.04. The van der Waals surface area contributed by atoms with Gasteiger partial charge in [-0.2, -0.15) is 18.3 Å². The Morgan fingerprint density at radius 3 is 2.14 bits per heavy atom. The predicted octanol–water partition coefficient (Wildman–Crippen LogP) is 0.692. The minimum absolute atomic E-state index is 0.461. The molecule has 0 atom stereocenters. The van der Waals surface area contributed by atoms with E-state index < -0.39 is 12.1 Å². The second kappa shape index (κ2) is 5.00. The fraction of sp³-hybridized carbons (Fsp3) is 0.167. The van der Waals surface area contributed by atoms with Crippen LogP contribution in [0.4, 0.5) is 19.0 Å². The second-order valence-electron chi connectivity index (χ2n) is 1.95. The van der Waals surface area contributed by atoms with Crippen molar-refractivity contribution in [2.24, 2.45) is 0 Å². The smallest absolute Gasteiger partial charge is 0.475 e. The highest BCUT2D eigenvalue weighted by Crippen LogP contribution is 2.13. The summed E-state index contributed by atoms with van der Waals surface area (Å²) in [4.78, 5) is 8.90. The fourth-order valence-corrected chi connectivity index (χ4v) is 0.313. The Bertz CT molecular complexity index is 288. The zero-order valence-corrected chi connectivity index (χ0v) is 6.69. The van der Waals surface area contributed by atoms with Crippen LogP contribution in [-0.2, 0) is 4.79 Å². The van der Waals surface area contributed by atoms with E-state index in [1.165, 1.54) is 0 Å². The van der Waals surface area contributed by atoms with Crippen molar-refractivity contribution in [1.82, 2.24) is 10.2 Å². The molecule has 0 saturated heterocycles. The number of aromatic nitrogens is 2. The van der Waals surface area contributed by atoms with Gasteiger partial charge >= 0.3 is 12.1 Å². The Balaban J connectivity index is 0.000000241. The van der Waals surface area contributed by atoms with Gasteiger partial charge in [-0.25, -0.2) is 4.79 Å². The number of halogens is 3. The van der Waals surface area contributed by atoms with Gasteiger partial charge in [0.15, 0.2) is 0 Å². The first-order valence-electron chi connectivity index (χ1n) is 3.17. The van der Waals surface area contributed by atoms with Crippen molar-refractivity contribution >= 4 is 11.8 Å². The zero-order chi connectivity index (χ0) is 11.2. The van der Waals surface area contributed by atoms with Crippen LogP contribution in [0.2, 0.25) is 0 Å². The van der Waals surface area contributed by atoms with Gasteiger partial charge in [-0.15, -0.1) is 5.10 Å². The summed E-state index contributed by atoms with van der Waals surface area (Å²) in [6.45, 7) is 0. The molecule has 0 aliphatic heterocycles. The van der Waals surface area contributed by atoms with E-state index in [0.29, 0.717) is 5.82 Å². The lowest BCUT2D eigenvalue weighted by molar-refractivity contribution is -0.192. The molecular weight excluding hydrogens is 203 g/mol. The van der Waals surface area contributed by atoms with Gasteiger partial charge in [0.1, 0.15) is 5.82 Å². The lowest BCUT2D eigenvalue weighted by Gasteiger charge is -1.93. The maximum absolute atomic E-state index is 10.6. The van der Waals surface area contributed by atoms with Crippen LogP contribution in [0.15, 0.2) is 18.3 Å². The monoisotopic (exact) mass is 209 g/mol. The lowest BCUT2D eigenvalue weighted by Crippen LogP contribution is -2.21. The summed E-state index contributed by atoms with van der Waals surface area (Å²) >= 11 is 0. The number of rotatable bonds is 0. The number of anilines is 1. The van der Waals surface area contributed by atoms with Crippen LogP contribution >= 0.6 is 0 Å². The standard InChI is InChI=1S/C4H5N3.C2HF3O2/c5-4-2-1-3-6-7-4;3-2(4,5)1(6)7/h1-3H,(H2,5,7);(H,6,7). The van der Waals surface area contributed by atoms with E-state index in [9.17, 15) is 13.2 Å². The van der Waals surface area contributed by atoms with Crippen molar-refractivity contribution in [2.45, 2.75) is 6.18 Å². The maximum Gasteiger partial charge on any atom is 0.490 e. The number of nitrogens with two attached hydrogens (primary N) is 1. The largest absolute Gasteiger partial charge is 0.490 e. The third kappa shape index (κ3) is 5.75. The Morgan fingerprint density at radius 1 is 1.50 bits per heavy atom. The molecule has 0 saturated carbocycles. The molecule has 0 aromatic carbocycles. The van der Waals surface area contributed by atoms with Gasteiger partial charge in [0.25, 0.3) is 0 Å². The van der Waals surface area contributed by atoms with Gasteiger partial charge in [0.05, 0.1) is 0 Å². The first kappa shape index (κ1) is 12.1. The first-order chi connectivity index (χ1) is 6.34. The molecule has 0 radical (unpaired) electrons. The summed E-state index contributed by atoms with van der Waals surface area (Å²) in [6, 6.07) is 3.43.